The lowest BCUT2D eigenvalue weighted by atomic mass is 10.1. The topological polar surface area (TPSA) is 189 Å². The van der Waals surface area contributed by atoms with E-state index in [-0.39, 0.29) is 10.7 Å². The van der Waals surface area contributed by atoms with Gasteiger partial charge in [-0.25, -0.2) is 0 Å². The molecular formula is C28H35N7O6S. The lowest BCUT2D eigenvalue weighted by molar-refractivity contribution is -0.384. The number of nitrogens with zero attached hydrogens (tertiary/aromatic N) is 2. The van der Waals surface area contributed by atoms with E-state index in [0.29, 0.717) is 30.6 Å². The first-order valence-electron chi connectivity index (χ1n) is 13.5. The van der Waals surface area contributed by atoms with E-state index in [1.807, 2.05) is 6.07 Å². The molecule has 0 saturated carbocycles. The summed E-state index contributed by atoms with van der Waals surface area (Å²) in [6, 6.07) is 10.6. The van der Waals surface area contributed by atoms with Crippen LogP contribution in [0.3, 0.4) is 0 Å². The zero-order valence-electron chi connectivity index (χ0n) is 23.5. The third-order valence-electron chi connectivity index (χ3n) is 6.76. The van der Waals surface area contributed by atoms with Crippen molar-refractivity contribution in [1.82, 2.24) is 20.9 Å². The van der Waals surface area contributed by atoms with Gasteiger partial charge in [-0.3, -0.25) is 29.3 Å². The Kier molecular flexibility index (Phi) is 11.0. The number of nitrogens with two attached hydrogens (primary N) is 1. The fourth-order valence-electron chi connectivity index (χ4n) is 4.43. The van der Waals surface area contributed by atoms with Crippen LogP contribution in [0.5, 0.6) is 0 Å². The van der Waals surface area contributed by atoms with Crippen LogP contribution in [0, 0.1) is 10.1 Å². The smallest absolute Gasteiger partial charge is 0.269 e. The molecule has 5 atom stereocenters. The number of carbonyl (C=O) groups excluding carboxylic acids is 4. The van der Waals surface area contributed by atoms with Gasteiger partial charge in [0.15, 0.2) is 0 Å². The minimum Gasteiger partial charge on any atom is -0.348 e. The standard InChI is InChI=1S/C28H35N7O6S/c1-16(29)24(36)30-17(2)25(37)31-18(3)28(39)34-15-7-10-22(34)26(38)33-23(19-8-5-4-6-9-19)27(42)32-20-11-13-21(14-12-20)35(40)41/h4-6,8-9,11-14,16-18,22-23H,7,10,15,29H2,1-3H3,(H,30,36)(H,31,37)(H,32,42)(H,33,38)/t16-,17-,18-,22-,23-/m0/s1. The molecule has 4 amide bonds. The molecule has 0 aromatic heterocycles. The number of benzene rings is 2. The molecule has 6 N–H and O–H groups in total. The Balaban J connectivity index is 1.70. The lowest BCUT2D eigenvalue weighted by Crippen LogP contribution is -2.56. The molecule has 1 aliphatic rings. The van der Waals surface area contributed by atoms with Gasteiger partial charge in [0.25, 0.3) is 5.69 Å². The summed E-state index contributed by atoms with van der Waals surface area (Å²) in [5.74, 6) is -1.91. The number of nitrogens with one attached hydrogen (secondary N) is 4. The maximum atomic E-state index is 13.5. The average Bonchev–Trinajstić information content (AvgIpc) is 3.46. The van der Waals surface area contributed by atoms with Gasteiger partial charge in [0, 0.05) is 24.4 Å². The Morgan fingerprint density at radius 3 is 2.17 bits per heavy atom. The van der Waals surface area contributed by atoms with Gasteiger partial charge in [-0.15, -0.1) is 0 Å². The van der Waals surface area contributed by atoms with E-state index in [1.165, 1.54) is 49.9 Å². The molecule has 1 heterocycles. The second-order valence-corrected chi connectivity index (χ2v) is 10.5. The molecule has 0 radical (unpaired) electrons. The molecule has 3 rings (SSSR count). The van der Waals surface area contributed by atoms with E-state index in [1.54, 1.807) is 24.3 Å². The highest BCUT2D eigenvalue weighted by Gasteiger charge is 2.38. The molecule has 14 heteroatoms. The fourth-order valence-corrected chi connectivity index (χ4v) is 4.74. The quantitative estimate of drug-likeness (QED) is 0.145. The van der Waals surface area contributed by atoms with E-state index in [2.05, 4.69) is 21.3 Å². The molecule has 0 spiro atoms. The monoisotopic (exact) mass is 597 g/mol. The molecule has 0 unspecified atom stereocenters. The Hall–Kier alpha value is -4.43. The van der Waals surface area contributed by atoms with Crippen LogP contribution in [-0.2, 0) is 19.2 Å². The summed E-state index contributed by atoms with van der Waals surface area (Å²) in [4.78, 5) is 63.4. The van der Waals surface area contributed by atoms with E-state index in [0.717, 1.165) is 0 Å². The highest BCUT2D eigenvalue weighted by atomic mass is 32.1. The van der Waals surface area contributed by atoms with Crippen molar-refractivity contribution in [3.8, 4) is 0 Å². The van der Waals surface area contributed by atoms with E-state index >= 15 is 0 Å². The molecule has 0 aliphatic carbocycles. The molecule has 2 aromatic rings. The highest BCUT2D eigenvalue weighted by molar-refractivity contribution is 7.80. The van der Waals surface area contributed by atoms with Gasteiger partial charge in [0.1, 0.15) is 29.2 Å². The molecule has 224 valence electrons. The lowest BCUT2D eigenvalue weighted by Gasteiger charge is -2.29. The third kappa shape index (κ3) is 8.30. The molecule has 1 fully saturated rings. The zero-order valence-corrected chi connectivity index (χ0v) is 24.4. The Bertz CT molecular complexity index is 1320. The summed E-state index contributed by atoms with van der Waals surface area (Å²) < 4.78 is 0. The summed E-state index contributed by atoms with van der Waals surface area (Å²) >= 11 is 5.63. The van der Waals surface area contributed by atoms with Crippen LogP contribution in [0.4, 0.5) is 11.4 Å². The summed E-state index contributed by atoms with van der Waals surface area (Å²) in [6.45, 7) is 4.82. The van der Waals surface area contributed by atoms with Gasteiger partial charge < -0.3 is 31.9 Å². The maximum absolute atomic E-state index is 13.5. The van der Waals surface area contributed by atoms with Crippen molar-refractivity contribution in [3.05, 3.63) is 70.3 Å². The Labute approximate surface area is 248 Å². The molecular weight excluding hydrogens is 562 g/mol. The summed E-state index contributed by atoms with van der Waals surface area (Å²) in [5, 5.41) is 22.0. The van der Waals surface area contributed by atoms with Crippen LogP contribution < -0.4 is 27.0 Å². The zero-order chi connectivity index (χ0) is 31.0. The van der Waals surface area contributed by atoms with Crippen molar-refractivity contribution in [2.24, 2.45) is 5.73 Å². The molecule has 13 nitrogen and oxygen atoms in total. The number of hydrogen-bond acceptors (Lipinski definition) is 8. The second kappa shape index (κ2) is 14.5. The number of non-ortho nitro benzene ring substituents is 1. The minimum absolute atomic E-state index is 0.0693. The van der Waals surface area contributed by atoms with Gasteiger partial charge in [0.2, 0.25) is 23.6 Å². The number of rotatable bonds is 11. The van der Waals surface area contributed by atoms with Crippen LogP contribution in [0.25, 0.3) is 0 Å². The van der Waals surface area contributed by atoms with Crippen molar-refractivity contribution in [2.45, 2.75) is 63.8 Å². The van der Waals surface area contributed by atoms with Gasteiger partial charge in [-0.05, 0) is 51.3 Å². The summed E-state index contributed by atoms with van der Waals surface area (Å²) in [6.07, 6.45) is 1.01. The number of nitro groups is 1. The first-order chi connectivity index (χ1) is 19.9. The molecule has 0 bridgehead atoms. The van der Waals surface area contributed by atoms with Gasteiger partial charge in [-0.1, -0.05) is 42.5 Å². The van der Waals surface area contributed by atoms with Crippen LogP contribution in [0.1, 0.15) is 45.2 Å². The van der Waals surface area contributed by atoms with Crippen molar-refractivity contribution < 1.29 is 24.1 Å². The minimum atomic E-state index is -0.949. The number of carbonyl (C=O) groups is 4. The largest absolute Gasteiger partial charge is 0.348 e. The molecule has 2 aromatic carbocycles. The van der Waals surface area contributed by atoms with Crippen molar-refractivity contribution >= 4 is 52.2 Å². The Morgan fingerprint density at radius 1 is 0.952 bits per heavy atom. The van der Waals surface area contributed by atoms with E-state index < -0.39 is 58.8 Å². The summed E-state index contributed by atoms with van der Waals surface area (Å²) in [7, 11) is 0. The van der Waals surface area contributed by atoms with Crippen LogP contribution in [0.2, 0.25) is 0 Å². The molecule has 1 aliphatic heterocycles. The SMILES string of the molecule is C[C@H](N)C(=O)N[C@@H](C)C(=O)N[C@@H](C)C(=O)N1CCC[C@H]1C(=O)N[C@H](C(=S)Nc1ccc([N+](=O)[O-])cc1)c1ccccc1. The number of nitro benzene ring substituents is 1. The predicted octanol–water partition coefficient (Wildman–Crippen LogP) is 1.54. The fraction of sp³-hybridized carbons (Fsp3) is 0.393. The number of thiocarbonyl (C=S) groups is 1. The third-order valence-corrected chi connectivity index (χ3v) is 7.10. The van der Waals surface area contributed by atoms with E-state index in [9.17, 15) is 29.3 Å². The predicted molar refractivity (Wildman–Crippen MR) is 160 cm³/mol. The van der Waals surface area contributed by atoms with Gasteiger partial charge in [0.05, 0.1) is 11.0 Å². The highest BCUT2D eigenvalue weighted by Crippen LogP contribution is 2.23. The Morgan fingerprint density at radius 2 is 1.57 bits per heavy atom. The van der Waals surface area contributed by atoms with Crippen LogP contribution in [0.15, 0.2) is 54.6 Å². The van der Waals surface area contributed by atoms with Crippen LogP contribution in [-0.4, -0.2) is 69.2 Å². The number of amides is 4. The second-order valence-electron chi connectivity index (χ2n) is 10.1. The first kappa shape index (κ1) is 32.1. The van der Waals surface area contributed by atoms with Gasteiger partial charge >= 0.3 is 0 Å². The normalized spacial score (nSPS) is 17.2. The maximum Gasteiger partial charge on any atom is 0.269 e. The van der Waals surface area contributed by atoms with Crippen molar-refractivity contribution in [1.29, 1.82) is 0 Å². The van der Waals surface area contributed by atoms with Crippen molar-refractivity contribution in [2.75, 3.05) is 11.9 Å². The molecule has 1 saturated heterocycles. The van der Waals surface area contributed by atoms with Crippen LogP contribution >= 0.6 is 12.2 Å². The number of likely N-dealkylation sites (tertiary alicyclic amines) is 1. The van der Waals surface area contributed by atoms with E-state index in [4.69, 9.17) is 18.0 Å². The summed E-state index contributed by atoms with van der Waals surface area (Å²) in [5.41, 5.74) is 6.67. The van der Waals surface area contributed by atoms with Crippen molar-refractivity contribution in [3.63, 3.8) is 0 Å². The average molecular weight is 598 g/mol. The number of hydrogen-bond donors (Lipinski definition) is 5. The molecule has 42 heavy (non-hydrogen) atoms. The first-order valence-corrected chi connectivity index (χ1v) is 13.9. The van der Waals surface area contributed by atoms with Gasteiger partial charge in [-0.2, -0.15) is 0 Å². The number of anilines is 1.